The Labute approximate surface area is 159 Å². The lowest BCUT2D eigenvalue weighted by Crippen LogP contribution is -2.52. The molecule has 1 unspecified atom stereocenters. The highest BCUT2D eigenvalue weighted by Crippen LogP contribution is 2.45. The van der Waals surface area contributed by atoms with E-state index in [1.807, 2.05) is 47.2 Å². The molecular weight excluding hydrogens is 342 g/mol. The summed E-state index contributed by atoms with van der Waals surface area (Å²) in [5, 5.41) is 3.89. The molecule has 6 heteroatoms. The minimum absolute atomic E-state index is 0.0207. The number of rotatable bonds is 2. The van der Waals surface area contributed by atoms with E-state index < -0.39 is 0 Å². The number of aryl methyl sites for hydroxylation is 2. The van der Waals surface area contributed by atoms with Crippen LogP contribution in [0, 0.1) is 13.8 Å². The molecule has 2 aromatic rings. The highest BCUT2D eigenvalue weighted by molar-refractivity contribution is 5.96. The number of carbonyl (C=O) groups excluding carboxylic acids is 2. The Hall–Kier alpha value is -2.63. The van der Waals surface area contributed by atoms with Gasteiger partial charge in [-0.2, -0.15) is 0 Å². The smallest absolute Gasteiger partial charge is 0.259 e. The van der Waals surface area contributed by atoms with Crippen molar-refractivity contribution >= 4 is 11.8 Å². The Morgan fingerprint density at radius 3 is 2.44 bits per heavy atom. The number of carbonyl (C=O) groups is 2. The van der Waals surface area contributed by atoms with E-state index in [1.54, 1.807) is 13.8 Å². The highest BCUT2D eigenvalue weighted by atomic mass is 16.5. The molecule has 1 atom stereocenters. The van der Waals surface area contributed by atoms with Crippen molar-refractivity contribution in [3.63, 3.8) is 0 Å². The van der Waals surface area contributed by atoms with Crippen molar-refractivity contribution in [1.29, 1.82) is 0 Å². The van der Waals surface area contributed by atoms with E-state index in [1.165, 1.54) is 0 Å². The standard InChI is InChI=1S/C21H25N3O3/c1-14-18(15(2)27-22-14)20(26)24-11-9-21(10-12-24)13-17(19(25)23(21)3)16-7-5-4-6-8-16/h4-8,17H,9-13H2,1-3H3. The van der Waals surface area contributed by atoms with Crippen molar-refractivity contribution in [2.75, 3.05) is 20.1 Å². The quantitative estimate of drug-likeness (QED) is 0.819. The average molecular weight is 367 g/mol. The first kappa shape index (κ1) is 17.8. The number of nitrogens with zero attached hydrogens (tertiary/aromatic N) is 3. The maximum atomic E-state index is 12.9. The zero-order chi connectivity index (χ0) is 19.2. The summed E-state index contributed by atoms with van der Waals surface area (Å²) >= 11 is 0. The molecule has 6 nitrogen and oxygen atoms in total. The summed E-state index contributed by atoms with van der Waals surface area (Å²) in [4.78, 5) is 29.6. The lowest BCUT2D eigenvalue weighted by molar-refractivity contribution is -0.131. The molecule has 1 aromatic carbocycles. The van der Waals surface area contributed by atoms with Gasteiger partial charge in [-0.3, -0.25) is 9.59 Å². The van der Waals surface area contributed by atoms with Crippen molar-refractivity contribution in [2.24, 2.45) is 0 Å². The number of hydrogen-bond acceptors (Lipinski definition) is 4. The Morgan fingerprint density at radius 1 is 1.19 bits per heavy atom. The van der Waals surface area contributed by atoms with Gasteiger partial charge in [0.2, 0.25) is 5.91 Å². The molecule has 2 aliphatic heterocycles. The van der Waals surface area contributed by atoms with Gasteiger partial charge >= 0.3 is 0 Å². The molecular formula is C21H25N3O3. The summed E-state index contributed by atoms with van der Waals surface area (Å²) < 4.78 is 5.14. The summed E-state index contributed by atoms with van der Waals surface area (Å²) in [6, 6.07) is 10.0. The van der Waals surface area contributed by atoms with Gasteiger partial charge < -0.3 is 14.3 Å². The van der Waals surface area contributed by atoms with Gasteiger partial charge in [0.05, 0.1) is 11.6 Å². The van der Waals surface area contributed by atoms with Gasteiger partial charge in [-0.25, -0.2) is 0 Å². The summed E-state index contributed by atoms with van der Waals surface area (Å²) in [5.41, 5.74) is 2.13. The molecule has 27 heavy (non-hydrogen) atoms. The number of benzene rings is 1. The molecule has 0 saturated carbocycles. The summed E-state index contributed by atoms with van der Waals surface area (Å²) in [7, 11) is 1.91. The highest BCUT2D eigenvalue weighted by Gasteiger charge is 2.51. The summed E-state index contributed by atoms with van der Waals surface area (Å²) in [6.45, 7) is 4.85. The van der Waals surface area contributed by atoms with Crippen LogP contribution in [0.3, 0.4) is 0 Å². The molecule has 0 N–H and O–H groups in total. The van der Waals surface area contributed by atoms with E-state index >= 15 is 0 Å². The Bertz CT molecular complexity index is 847. The number of likely N-dealkylation sites (N-methyl/N-ethyl adjacent to an activating group) is 1. The van der Waals surface area contributed by atoms with E-state index in [0.717, 1.165) is 24.8 Å². The van der Waals surface area contributed by atoms with Crippen molar-refractivity contribution in [2.45, 2.75) is 44.6 Å². The minimum Gasteiger partial charge on any atom is -0.361 e. The first-order valence-electron chi connectivity index (χ1n) is 9.48. The van der Waals surface area contributed by atoms with Gasteiger partial charge in [-0.1, -0.05) is 35.5 Å². The number of amides is 2. The van der Waals surface area contributed by atoms with Gasteiger partial charge in [0.25, 0.3) is 5.91 Å². The van der Waals surface area contributed by atoms with Crippen LogP contribution >= 0.6 is 0 Å². The lowest BCUT2D eigenvalue weighted by Gasteiger charge is -2.43. The van der Waals surface area contributed by atoms with Crippen LogP contribution in [0.15, 0.2) is 34.9 Å². The van der Waals surface area contributed by atoms with E-state index in [2.05, 4.69) is 5.16 Å². The van der Waals surface area contributed by atoms with Crippen LogP contribution in [0.4, 0.5) is 0 Å². The average Bonchev–Trinajstić information content (AvgIpc) is 3.14. The molecule has 0 bridgehead atoms. The number of likely N-dealkylation sites (tertiary alicyclic amines) is 2. The predicted molar refractivity (Wildman–Crippen MR) is 100 cm³/mol. The molecule has 1 spiro atoms. The number of aromatic nitrogens is 1. The molecule has 2 amide bonds. The van der Waals surface area contributed by atoms with Gasteiger partial charge in [-0.15, -0.1) is 0 Å². The van der Waals surface area contributed by atoms with Crippen LogP contribution in [0.1, 0.15) is 52.6 Å². The summed E-state index contributed by atoms with van der Waals surface area (Å²) in [5.74, 6) is 0.649. The Balaban J connectivity index is 1.50. The molecule has 142 valence electrons. The zero-order valence-corrected chi connectivity index (χ0v) is 16.1. The van der Waals surface area contributed by atoms with Crippen LogP contribution in [0.5, 0.6) is 0 Å². The molecule has 0 aliphatic carbocycles. The fraction of sp³-hybridized carbons (Fsp3) is 0.476. The first-order valence-corrected chi connectivity index (χ1v) is 9.48. The predicted octanol–water partition coefficient (Wildman–Crippen LogP) is 2.91. The van der Waals surface area contributed by atoms with Crippen molar-refractivity contribution in [3.05, 3.63) is 52.9 Å². The van der Waals surface area contributed by atoms with E-state index in [-0.39, 0.29) is 23.3 Å². The topological polar surface area (TPSA) is 66.7 Å². The first-order chi connectivity index (χ1) is 12.9. The number of hydrogen-bond donors (Lipinski definition) is 0. The second-order valence-corrected chi connectivity index (χ2v) is 7.78. The third kappa shape index (κ3) is 2.83. The molecule has 1 aromatic heterocycles. The van der Waals surface area contributed by atoms with E-state index in [9.17, 15) is 9.59 Å². The molecule has 2 aliphatic rings. The Morgan fingerprint density at radius 2 is 1.85 bits per heavy atom. The van der Waals surface area contributed by atoms with Crippen LogP contribution in [0.2, 0.25) is 0 Å². The van der Waals surface area contributed by atoms with Crippen LogP contribution < -0.4 is 0 Å². The van der Waals surface area contributed by atoms with Crippen molar-refractivity contribution < 1.29 is 14.1 Å². The van der Waals surface area contributed by atoms with Crippen molar-refractivity contribution in [3.8, 4) is 0 Å². The summed E-state index contributed by atoms with van der Waals surface area (Å²) in [6.07, 6.45) is 2.42. The van der Waals surface area contributed by atoms with Crippen LogP contribution in [0.25, 0.3) is 0 Å². The maximum absolute atomic E-state index is 12.9. The van der Waals surface area contributed by atoms with Gasteiger partial charge in [0.15, 0.2) is 0 Å². The van der Waals surface area contributed by atoms with Crippen LogP contribution in [-0.4, -0.2) is 52.4 Å². The van der Waals surface area contributed by atoms with E-state index in [0.29, 0.717) is 30.1 Å². The fourth-order valence-electron chi connectivity index (χ4n) is 4.63. The third-order valence-electron chi connectivity index (χ3n) is 6.35. The van der Waals surface area contributed by atoms with Crippen molar-refractivity contribution in [1.82, 2.24) is 15.0 Å². The van der Waals surface area contributed by atoms with Gasteiger partial charge in [-0.05, 0) is 38.7 Å². The molecule has 3 heterocycles. The molecule has 2 fully saturated rings. The lowest BCUT2D eigenvalue weighted by atomic mass is 9.81. The SMILES string of the molecule is Cc1noc(C)c1C(=O)N1CCC2(CC1)CC(c1ccccc1)C(=O)N2C. The third-order valence-corrected chi connectivity index (χ3v) is 6.35. The normalized spacial score (nSPS) is 21.9. The molecule has 4 rings (SSSR count). The fourth-order valence-corrected chi connectivity index (χ4v) is 4.63. The number of piperidine rings is 1. The van der Waals surface area contributed by atoms with Crippen LogP contribution in [-0.2, 0) is 4.79 Å². The second-order valence-electron chi connectivity index (χ2n) is 7.78. The van der Waals surface area contributed by atoms with Gasteiger partial charge in [0, 0.05) is 25.7 Å². The maximum Gasteiger partial charge on any atom is 0.259 e. The Kier molecular flexibility index (Phi) is 4.29. The largest absolute Gasteiger partial charge is 0.361 e. The van der Waals surface area contributed by atoms with Gasteiger partial charge in [0.1, 0.15) is 11.3 Å². The monoisotopic (exact) mass is 367 g/mol. The molecule has 2 saturated heterocycles. The minimum atomic E-state index is -0.160. The van der Waals surface area contributed by atoms with E-state index in [4.69, 9.17) is 4.52 Å². The molecule has 0 radical (unpaired) electrons. The zero-order valence-electron chi connectivity index (χ0n) is 16.1. The second kappa shape index (κ2) is 6.51.